The Kier molecular flexibility index (Phi) is 5.22. The predicted molar refractivity (Wildman–Crippen MR) is 123 cm³/mol. The third-order valence-corrected chi connectivity index (χ3v) is 6.04. The molecule has 0 saturated carbocycles. The van der Waals surface area contributed by atoms with Gasteiger partial charge in [-0.15, -0.1) is 0 Å². The number of halogens is 2. The van der Waals surface area contributed by atoms with E-state index in [0.29, 0.717) is 16.7 Å². The fourth-order valence-corrected chi connectivity index (χ4v) is 4.46. The van der Waals surface area contributed by atoms with Crippen molar-refractivity contribution >= 4 is 49.8 Å². The number of nitrogens with zero attached hydrogens (tertiary/aromatic N) is 3. The normalized spacial score (nSPS) is 13.9. The summed E-state index contributed by atoms with van der Waals surface area (Å²) in [5.74, 6) is -1.33. The molecular formula is C24H18BrFN4O2. The molecule has 0 unspecified atom stereocenters. The fourth-order valence-electron chi connectivity index (χ4n) is 4.10. The van der Waals surface area contributed by atoms with Crippen LogP contribution in [0.5, 0.6) is 0 Å². The summed E-state index contributed by atoms with van der Waals surface area (Å²) < 4.78 is 18.4. The summed E-state index contributed by atoms with van der Waals surface area (Å²) in [6, 6.07) is 11.5. The average molecular weight is 493 g/mol. The highest BCUT2D eigenvalue weighted by Crippen LogP contribution is 2.37. The number of nitrogens with one attached hydrogen (secondary N) is 1. The first-order valence-corrected chi connectivity index (χ1v) is 10.9. The molecule has 1 aliphatic rings. The summed E-state index contributed by atoms with van der Waals surface area (Å²) in [6.07, 6.45) is 8.24. The number of benzene rings is 2. The van der Waals surface area contributed by atoms with Crippen molar-refractivity contribution in [2.75, 3.05) is 0 Å². The van der Waals surface area contributed by atoms with Crippen LogP contribution in [-0.2, 0) is 22.7 Å². The number of aryl methyl sites for hydroxylation is 2. The van der Waals surface area contributed by atoms with Gasteiger partial charge in [0, 0.05) is 52.6 Å². The molecule has 3 heterocycles. The molecule has 5 rings (SSSR count). The number of fused-ring (bicyclic) bond motifs is 1. The number of rotatable bonds is 6. The molecule has 0 saturated heterocycles. The van der Waals surface area contributed by atoms with Gasteiger partial charge in [-0.05, 0) is 42.3 Å². The number of amides is 2. The van der Waals surface area contributed by atoms with Crippen LogP contribution in [0.2, 0.25) is 0 Å². The van der Waals surface area contributed by atoms with Crippen LogP contribution >= 0.6 is 15.9 Å². The second-order valence-electron chi connectivity index (χ2n) is 7.59. The van der Waals surface area contributed by atoms with Crippen LogP contribution in [0.3, 0.4) is 0 Å². The molecule has 8 heteroatoms. The summed E-state index contributed by atoms with van der Waals surface area (Å²) in [5, 5.41) is 3.26. The maximum atomic E-state index is 13.4. The second kappa shape index (κ2) is 8.20. The van der Waals surface area contributed by atoms with E-state index in [4.69, 9.17) is 0 Å². The Morgan fingerprint density at radius 3 is 2.53 bits per heavy atom. The second-order valence-corrected chi connectivity index (χ2v) is 8.51. The van der Waals surface area contributed by atoms with Gasteiger partial charge in [0.1, 0.15) is 5.82 Å². The van der Waals surface area contributed by atoms with Gasteiger partial charge in [0.25, 0.3) is 11.8 Å². The first-order chi connectivity index (χ1) is 15.5. The zero-order chi connectivity index (χ0) is 22.2. The van der Waals surface area contributed by atoms with Crippen LogP contribution in [-0.4, -0.2) is 25.9 Å². The van der Waals surface area contributed by atoms with Crippen LogP contribution in [0.1, 0.15) is 17.5 Å². The van der Waals surface area contributed by atoms with Crippen molar-refractivity contribution in [1.29, 1.82) is 0 Å². The summed E-state index contributed by atoms with van der Waals surface area (Å²) >= 11 is 3.51. The largest absolute Gasteiger partial charge is 0.347 e. The quantitative estimate of drug-likeness (QED) is 0.405. The van der Waals surface area contributed by atoms with Gasteiger partial charge in [-0.1, -0.05) is 28.1 Å². The van der Waals surface area contributed by atoms with Gasteiger partial charge in [0.2, 0.25) is 0 Å². The number of hydrogen-bond acceptors (Lipinski definition) is 3. The predicted octanol–water partition coefficient (Wildman–Crippen LogP) is 4.40. The lowest BCUT2D eigenvalue weighted by Gasteiger charge is -2.06. The highest BCUT2D eigenvalue weighted by molar-refractivity contribution is 9.10. The van der Waals surface area contributed by atoms with E-state index in [1.807, 2.05) is 35.2 Å². The molecule has 0 radical (unpaired) electrons. The van der Waals surface area contributed by atoms with Crippen molar-refractivity contribution in [2.45, 2.75) is 19.5 Å². The minimum absolute atomic E-state index is 0.257. The number of carbonyl (C=O) groups is 2. The molecule has 6 nitrogen and oxygen atoms in total. The minimum Gasteiger partial charge on any atom is -0.347 e. The van der Waals surface area contributed by atoms with Gasteiger partial charge in [-0.2, -0.15) is 0 Å². The maximum absolute atomic E-state index is 13.4. The Bertz CT molecular complexity index is 1370. The molecule has 2 aromatic heterocycles. The highest BCUT2D eigenvalue weighted by atomic mass is 79.9. The number of carbonyl (C=O) groups excluding carboxylic acids is 2. The number of hydrogen-bond donors (Lipinski definition) is 1. The SMILES string of the molecule is O=C1NC(=O)C(c2cn(CCCn3ccnc3)c3ccc(Br)cc23)=C1c1ccc(F)cc1. The van der Waals surface area contributed by atoms with E-state index >= 15 is 0 Å². The molecule has 0 bridgehead atoms. The Morgan fingerprint density at radius 2 is 1.78 bits per heavy atom. The number of imide groups is 1. The van der Waals surface area contributed by atoms with Crippen LogP contribution in [0.15, 0.2) is 71.9 Å². The van der Waals surface area contributed by atoms with Crippen LogP contribution < -0.4 is 5.32 Å². The van der Waals surface area contributed by atoms with Crippen molar-refractivity contribution in [3.63, 3.8) is 0 Å². The fraction of sp³-hybridized carbons (Fsp3) is 0.125. The first kappa shape index (κ1) is 20.4. The van der Waals surface area contributed by atoms with E-state index in [1.165, 1.54) is 24.3 Å². The van der Waals surface area contributed by atoms with Gasteiger partial charge in [0.05, 0.1) is 17.5 Å². The molecular weight excluding hydrogens is 475 g/mol. The molecule has 2 aromatic carbocycles. The summed E-state index contributed by atoms with van der Waals surface area (Å²) in [4.78, 5) is 29.6. The van der Waals surface area contributed by atoms with E-state index in [1.54, 1.807) is 12.5 Å². The Hall–Kier alpha value is -3.52. The smallest absolute Gasteiger partial charge is 0.259 e. The van der Waals surface area contributed by atoms with E-state index in [9.17, 15) is 14.0 Å². The summed E-state index contributed by atoms with van der Waals surface area (Å²) in [7, 11) is 0. The van der Waals surface area contributed by atoms with Gasteiger partial charge in [-0.25, -0.2) is 9.37 Å². The minimum atomic E-state index is -0.479. The molecule has 32 heavy (non-hydrogen) atoms. The van der Waals surface area contributed by atoms with E-state index in [-0.39, 0.29) is 5.57 Å². The van der Waals surface area contributed by atoms with Gasteiger partial charge in [-0.3, -0.25) is 14.9 Å². The van der Waals surface area contributed by atoms with Crippen LogP contribution in [0.25, 0.3) is 22.0 Å². The molecule has 1 N–H and O–H groups in total. The zero-order valence-corrected chi connectivity index (χ0v) is 18.5. The lowest BCUT2D eigenvalue weighted by Crippen LogP contribution is -2.22. The monoisotopic (exact) mass is 492 g/mol. The van der Waals surface area contributed by atoms with Crippen LogP contribution in [0, 0.1) is 5.82 Å². The lowest BCUT2D eigenvalue weighted by atomic mass is 9.96. The molecule has 1 aliphatic heterocycles. The first-order valence-electron chi connectivity index (χ1n) is 10.1. The highest BCUT2D eigenvalue weighted by Gasteiger charge is 2.33. The van der Waals surface area contributed by atoms with E-state index in [0.717, 1.165) is 34.9 Å². The molecule has 4 aromatic rings. The van der Waals surface area contributed by atoms with Crippen molar-refractivity contribution in [2.24, 2.45) is 0 Å². The van der Waals surface area contributed by atoms with Gasteiger partial charge >= 0.3 is 0 Å². The third kappa shape index (κ3) is 3.67. The average Bonchev–Trinajstić information content (AvgIpc) is 3.47. The maximum Gasteiger partial charge on any atom is 0.259 e. The topological polar surface area (TPSA) is 68.9 Å². The standard InChI is InChI=1S/C24H18BrFN4O2/c25-16-4-7-20-18(12-16)19(13-30(20)10-1-9-29-11-8-27-14-29)22-21(23(31)28-24(22)32)15-2-5-17(26)6-3-15/h2-8,11-14H,1,9-10H2,(H,28,31,32). The molecule has 160 valence electrons. The third-order valence-electron chi connectivity index (χ3n) is 5.55. The summed E-state index contributed by atoms with van der Waals surface area (Å²) in [5.41, 5.74) is 2.70. The van der Waals surface area contributed by atoms with Crippen molar-refractivity contribution in [3.8, 4) is 0 Å². The molecule has 0 fully saturated rings. The van der Waals surface area contributed by atoms with Gasteiger partial charge < -0.3 is 9.13 Å². The Morgan fingerprint density at radius 1 is 1.00 bits per heavy atom. The van der Waals surface area contributed by atoms with Crippen molar-refractivity contribution in [3.05, 3.63) is 88.8 Å². The van der Waals surface area contributed by atoms with E-state index in [2.05, 4.69) is 30.8 Å². The number of aromatic nitrogens is 3. The van der Waals surface area contributed by atoms with Crippen LogP contribution in [0.4, 0.5) is 4.39 Å². The molecule has 0 spiro atoms. The van der Waals surface area contributed by atoms with E-state index < -0.39 is 17.6 Å². The zero-order valence-electron chi connectivity index (χ0n) is 16.9. The molecule has 0 atom stereocenters. The summed E-state index contributed by atoms with van der Waals surface area (Å²) in [6.45, 7) is 1.54. The lowest BCUT2D eigenvalue weighted by molar-refractivity contribution is -0.122. The number of imidazole rings is 1. The Labute approximate surface area is 191 Å². The van der Waals surface area contributed by atoms with Crippen molar-refractivity contribution in [1.82, 2.24) is 19.4 Å². The van der Waals surface area contributed by atoms with Gasteiger partial charge in [0.15, 0.2) is 0 Å². The van der Waals surface area contributed by atoms with Crippen molar-refractivity contribution < 1.29 is 14.0 Å². The molecule has 0 aliphatic carbocycles. The Balaban J connectivity index is 1.61. The molecule has 2 amide bonds.